The molecule has 0 amide bonds. The zero-order valence-corrected chi connectivity index (χ0v) is 19.7. The minimum Gasteiger partial charge on any atom is -0.507 e. The van der Waals surface area contributed by atoms with Crippen LogP contribution in [-0.2, 0) is 0 Å². The molecule has 0 bridgehead atoms. The van der Waals surface area contributed by atoms with Gasteiger partial charge in [0.2, 0.25) is 0 Å². The Morgan fingerprint density at radius 2 is 1.88 bits per heavy atom. The van der Waals surface area contributed by atoms with Crippen molar-refractivity contribution in [3.63, 3.8) is 0 Å². The highest BCUT2D eigenvalue weighted by Gasteiger charge is 2.39. The third kappa shape index (κ3) is 3.51. The fourth-order valence-electron chi connectivity index (χ4n) is 5.51. The number of benzene rings is 1. The number of aromatic nitrogens is 4. The standard InChI is InChI=1S/C27H28N6O/c1-4-21-15-22(17(3)32(21)5-2)23-10-13-30-27-25(19-6-7-20(16-28)24(34)14-19)26(31-33(23)27)18-8-11-29-12-9-18/h6-14,17,21-22,34H,4-5,15H2,1-3H3. The number of phenolic OH excluding ortho intramolecular Hbond substituents is 1. The van der Waals surface area contributed by atoms with Gasteiger partial charge in [0.05, 0.1) is 16.8 Å². The van der Waals surface area contributed by atoms with Crippen LogP contribution >= 0.6 is 0 Å². The van der Waals surface area contributed by atoms with Crippen molar-refractivity contribution in [2.75, 3.05) is 6.54 Å². The van der Waals surface area contributed by atoms with Crippen molar-refractivity contribution in [3.8, 4) is 34.2 Å². The van der Waals surface area contributed by atoms with Crippen LogP contribution in [0.1, 0.15) is 50.8 Å². The maximum atomic E-state index is 10.4. The van der Waals surface area contributed by atoms with Crippen LogP contribution in [0.2, 0.25) is 0 Å². The number of pyridine rings is 1. The SMILES string of the molecule is CCC1CC(c2ccnc3c(-c4ccc(C#N)c(O)c4)c(-c4ccncc4)nn23)C(C)N1CC. The highest BCUT2D eigenvalue weighted by Crippen LogP contribution is 2.41. The van der Waals surface area contributed by atoms with Gasteiger partial charge in [0.15, 0.2) is 5.65 Å². The summed E-state index contributed by atoms with van der Waals surface area (Å²) in [5, 5.41) is 24.7. The number of hydrogen-bond acceptors (Lipinski definition) is 6. The van der Waals surface area contributed by atoms with Crippen LogP contribution in [0.5, 0.6) is 5.75 Å². The molecule has 3 unspecified atom stereocenters. The van der Waals surface area contributed by atoms with Crippen molar-refractivity contribution in [3.05, 3.63) is 66.2 Å². The molecule has 0 saturated carbocycles. The van der Waals surface area contributed by atoms with Crippen molar-refractivity contribution in [2.45, 2.75) is 51.6 Å². The Labute approximate surface area is 199 Å². The van der Waals surface area contributed by atoms with Crippen molar-refractivity contribution >= 4 is 5.65 Å². The number of likely N-dealkylation sites (N-methyl/N-ethyl adjacent to an activating group) is 1. The topological polar surface area (TPSA) is 90.3 Å². The van der Waals surface area contributed by atoms with Crippen LogP contribution in [0.4, 0.5) is 0 Å². The second kappa shape index (κ2) is 8.88. The smallest absolute Gasteiger partial charge is 0.163 e. The molecular formula is C27H28N6O. The van der Waals surface area contributed by atoms with E-state index >= 15 is 0 Å². The number of nitrogens with zero attached hydrogens (tertiary/aromatic N) is 6. The van der Waals surface area contributed by atoms with Crippen LogP contribution in [-0.4, -0.2) is 48.2 Å². The van der Waals surface area contributed by atoms with E-state index in [2.05, 4.69) is 36.7 Å². The van der Waals surface area contributed by atoms with Crippen LogP contribution < -0.4 is 0 Å². The molecular weight excluding hydrogens is 424 g/mol. The molecule has 5 rings (SSSR count). The fraction of sp³-hybridized carbons (Fsp3) is 0.333. The third-order valence-corrected chi connectivity index (χ3v) is 7.23. The van der Waals surface area contributed by atoms with Crippen molar-refractivity contribution in [2.24, 2.45) is 0 Å². The van der Waals surface area contributed by atoms with Gasteiger partial charge in [0, 0.05) is 42.2 Å². The highest BCUT2D eigenvalue weighted by atomic mass is 16.3. The van der Waals surface area contributed by atoms with E-state index in [0.717, 1.165) is 53.1 Å². The number of hydrogen-bond donors (Lipinski definition) is 1. The average Bonchev–Trinajstić information content (AvgIpc) is 3.41. The van der Waals surface area contributed by atoms with E-state index in [1.165, 1.54) is 0 Å². The second-order valence-electron chi connectivity index (χ2n) is 8.88. The maximum absolute atomic E-state index is 10.4. The number of phenols is 1. The van der Waals surface area contributed by atoms with Crippen LogP contribution in [0.3, 0.4) is 0 Å². The second-order valence-corrected chi connectivity index (χ2v) is 8.88. The molecule has 34 heavy (non-hydrogen) atoms. The number of fused-ring (bicyclic) bond motifs is 1. The van der Waals surface area contributed by atoms with Gasteiger partial charge in [-0.3, -0.25) is 9.88 Å². The molecule has 4 heterocycles. The van der Waals surface area contributed by atoms with Gasteiger partial charge < -0.3 is 5.11 Å². The lowest BCUT2D eigenvalue weighted by Gasteiger charge is -2.27. The quantitative estimate of drug-likeness (QED) is 0.458. The number of nitriles is 1. The summed E-state index contributed by atoms with van der Waals surface area (Å²) in [4.78, 5) is 11.5. The van der Waals surface area contributed by atoms with Gasteiger partial charge in [0.1, 0.15) is 17.5 Å². The van der Waals surface area contributed by atoms with Gasteiger partial charge in [-0.2, -0.15) is 10.4 Å². The molecule has 3 atom stereocenters. The summed E-state index contributed by atoms with van der Waals surface area (Å²) in [5.74, 6) is 0.285. The predicted octanol–water partition coefficient (Wildman–Crippen LogP) is 5.01. The zero-order chi connectivity index (χ0) is 23.8. The molecule has 1 aromatic carbocycles. The van der Waals surface area contributed by atoms with Gasteiger partial charge in [-0.1, -0.05) is 19.9 Å². The molecule has 0 spiro atoms. The first kappa shape index (κ1) is 22.1. The monoisotopic (exact) mass is 452 g/mol. The lowest BCUT2D eigenvalue weighted by Crippen LogP contribution is -2.35. The summed E-state index contributed by atoms with van der Waals surface area (Å²) >= 11 is 0. The molecule has 7 heteroatoms. The summed E-state index contributed by atoms with van der Waals surface area (Å²) in [5.41, 5.74) is 5.42. The molecule has 1 aliphatic heterocycles. The Kier molecular flexibility index (Phi) is 5.76. The first-order chi connectivity index (χ1) is 16.6. The lowest BCUT2D eigenvalue weighted by atomic mass is 9.95. The maximum Gasteiger partial charge on any atom is 0.163 e. The summed E-state index contributed by atoms with van der Waals surface area (Å²) in [7, 11) is 0. The summed E-state index contributed by atoms with van der Waals surface area (Å²) in [6.07, 6.45) is 7.57. The predicted molar refractivity (Wildman–Crippen MR) is 131 cm³/mol. The number of aromatic hydroxyl groups is 1. The largest absolute Gasteiger partial charge is 0.507 e. The highest BCUT2D eigenvalue weighted by molar-refractivity contribution is 5.91. The number of rotatable bonds is 5. The minimum atomic E-state index is -0.0510. The van der Waals surface area contributed by atoms with E-state index in [9.17, 15) is 10.4 Å². The average molecular weight is 453 g/mol. The summed E-state index contributed by atoms with van der Waals surface area (Å²) in [6.45, 7) is 7.83. The molecule has 0 aliphatic carbocycles. The molecule has 1 N–H and O–H groups in total. The van der Waals surface area contributed by atoms with Crippen LogP contribution in [0.15, 0.2) is 55.0 Å². The van der Waals surface area contributed by atoms with Gasteiger partial charge >= 0.3 is 0 Å². The van der Waals surface area contributed by atoms with E-state index in [0.29, 0.717) is 18.0 Å². The Hall–Kier alpha value is -3.76. The van der Waals surface area contributed by atoms with Crippen LogP contribution in [0, 0.1) is 11.3 Å². The van der Waals surface area contributed by atoms with Gasteiger partial charge in [-0.15, -0.1) is 0 Å². The summed E-state index contributed by atoms with van der Waals surface area (Å²) < 4.78 is 1.98. The van der Waals surface area contributed by atoms with Gasteiger partial charge in [-0.25, -0.2) is 9.50 Å². The van der Waals surface area contributed by atoms with Gasteiger partial charge in [-0.05, 0) is 62.2 Å². The molecule has 0 radical (unpaired) electrons. The molecule has 1 fully saturated rings. The van der Waals surface area contributed by atoms with E-state index in [4.69, 9.17) is 10.1 Å². The molecule has 7 nitrogen and oxygen atoms in total. The third-order valence-electron chi connectivity index (χ3n) is 7.23. The van der Waals surface area contributed by atoms with Crippen molar-refractivity contribution in [1.82, 2.24) is 24.5 Å². The first-order valence-electron chi connectivity index (χ1n) is 11.8. The van der Waals surface area contributed by atoms with Crippen LogP contribution in [0.25, 0.3) is 28.0 Å². The Balaban J connectivity index is 1.74. The van der Waals surface area contributed by atoms with E-state index in [-0.39, 0.29) is 11.3 Å². The van der Waals surface area contributed by atoms with E-state index in [1.807, 2.05) is 35.0 Å². The number of likely N-dealkylation sites (tertiary alicyclic amines) is 1. The zero-order valence-electron chi connectivity index (χ0n) is 19.7. The molecule has 172 valence electrons. The molecule has 4 aromatic rings. The fourth-order valence-corrected chi connectivity index (χ4v) is 5.51. The molecule has 3 aromatic heterocycles. The van der Waals surface area contributed by atoms with Gasteiger partial charge in [0.25, 0.3) is 0 Å². The molecule has 1 aliphatic rings. The van der Waals surface area contributed by atoms with Crippen molar-refractivity contribution in [1.29, 1.82) is 5.26 Å². The Bertz CT molecular complexity index is 1370. The Morgan fingerprint density at radius 3 is 2.53 bits per heavy atom. The van der Waals surface area contributed by atoms with E-state index in [1.54, 1.807) is 24.5 Å². The summed E-state index contributed by atoms with van der Waals surface area (Å²) in [6, 6.07) is 14.0. The first-order valence-corrected chi connectivity index (χ1v) is 11.8. The van der Waals surface area contributed by atoms with E-state index < -0.39 is 0 Å². The minimum absolute atomic E-state index is 0.0510. The molecule has 1 saturated heterocycles. The van der Waals surface area contributed by atoms with Crippen molar-refractivity contribution < 1.29 is 5.11 Å². The Morgan fingerprint density at radius 1 is 1.09 bits per heavy atom. The lowest BCUT2D eigenvalue weighted by molar-refractivity contribution is 0.205. The normalized spacial score (nSPS) is 20.6.